The van der Waals surface area contributed by atoms with E-state index in [1.807, 2.05) is 24.3 Å². The third kappa shape index (κ3) is 3.82. The van der Waals surface area contributed by atoms with Crippen molar-refractivity contribution in [2.75, 3.05) is 13.1 Å². The Labute approximate surface area is 133 Å². The zero-order valence-corrected chi connectivity index (χ0v) is 12.6. The van der Waals surface area contributed by atoms with E-state index < -0.39 is 11.7 Å². The summed E-state index contributed by atoms with van der Waals surface area (Å²) < 4.78 is 39.8. The van der Waals surface area contributed by atoms with Crippen molar-refractivity contribution in [2.24, 2.45) is 0 Å². The molecule has 1 N–H and O–H groups in total. The molecule has 0 aliphatic carbocycles. The Kier molecular flexibility index (Phi) is 4.53. The summed E-state index contributed by atoms with van der Waals surface area (Å²) in [6.45, 7) is 1.96. The van der Waals surface area contributed by atoms with Crippen LogP contribution < -0.4 is 5.32 Å². The quantitative estimate of drug-likeness (QED) is 0.871. The monoisotopic (exact) mass is 317 g/mol. The number of rotatable bonds is 4. The van der Waals surface area contributed by atoms with Crippen LogP contribution in [-0.4, -0.2) is 19.3 Å². The van der Waals surface area contributed by atoms with Gasteiger partial charge in [0.25, 0.3) is 0 Å². The highest BCUT2D eigenvalue weighted by Crippen LogP contribution is 2.34. The topological polar surface area (TPSA) is 12.0 Å². The second-order valence-corrected chi connectivity index (χ2v) is 5.78. The van der Waals surface area contributed by atoms with E-state index in [1.54, 1.807) is 18.2 Å². The van der Waals surface area contributed by atoms with E-state index in [1.165, 1.54) is 23.8 Å². The van der Waals surface area contributed by atoms with Gasteiger partial charge in [-0.2, -0.15) is 13.2 Å². The lowest BCUT2D eigenvalue weighted by Crippen LogP contribution is -2.39. The zero-order chi connectivity index (χ0) is 16.3. The van der Waals surface area contributed by atoms with Crippen LogP contribution >= 0.6 is 0 Å². The maximum atomic E-state index is 13.3. The Morgan fingerprint density at radius 2 is 1.65 bits per heavy atom. The molecule has 120 valence electrons. The molecule has 4 heteroatoms. The highest BCUT2D eigenvalue weighted by Gasteiger charge is 2.34. The molecular formula is C19H18F3N. The Balaban J connectivity index is 1.78. The van der Waals surface area contributed by atoms with Crippen LogP contribution in [0.2, 0.25) is 0 Å². The van der Waals surface area contributed by atoms with Crippen LogP contribution in [0.15, 0.2) is 60.7 Å². The molecule has 0 amide bonds. The molecule has 0 saturated carbocycles. The van der Waals surface area contributed by atoms with Gasteiger partial charge in [-0.05, 0) is 23.1 Å². The van der Waals surface area contributed by atoms with Crippen LogP contribution in [0, 0.1) is 0 Å². The van der Waals surface area contributed by atoms with Gasteiger partial charge < -0.3 is 5.32 Å². The Morgan fingerprint density at radius 1 is 1.00 bits per heavy atom. The van der Waals surface area contributed by atoms with Crippen molar-refractivity contribution in [2.45, 2.75) is 18.5 Å². The molecule has 0 bridgehead atoms. The minimum atomic E-state index is -4.35. The number of alkyl halides is 3. The summed E-state index contributed by atoms with van der Waals surface area (Å²) in [6, 6.07) is 15.8. The van der Waals surface area contributed by atoms with Crippen molar-refractivity contribution in [3.63, 3.8) is 0 Å². The van der Waals surface area contributed by atoms with Crippen molar-refractivity contribution in [1.29, 1.82) is 0 Å². The molecule has 1 aliphatic heterocycles. The van der Waals surface area contributed by atoms with Crippen LogP contribution in [-0.2, 0) is 6.42 Å². The smallest absolute Gasteiger partial charge is 0.315 e. The lowest BCUT2D eigenvalue weighted by molar-refractivity contribution is -0.0690. The molecule has 1 fully saturated rings. The van der Waals surface area contributed by atoms with Gasteiger partial charge in [0.15, 0.2) is 0 Å². The third-order valence-electron chi connectivity index (χ3n) is 4.16. The van der Waals surface area contributed by atoms with Gasteiger partial charge in [0, 0.05) is 19.0 Å². The Bertz CT molecular complexity index is 668. The number of hydrogen-bond acceptors (Lipinski definition) is 1. The standard InChI is InChI=1S/C19H18F3N/c20-19(21,22)18(16-4-2-1-3-5-16)11-8-14-6-9-15(10-7-14)17-12-23-13-17/h1-7,9-11,17,23H,8,12-13H2. The predicted molar refractivity (Wildman–Crippen MR) is 86.2 cm³/mol. The minimum Gasteiger partial charge on any atom is -0.315 e. The molecule has 2 aromatic rings. The van der Waals surface area contributed by atoms with E-state index in [9.17, 15) is 13.2 Å². The fourth-order valence-electron chi connectivity index (χ4n) is 2.69. The molecule has 2 aromatic carbocycles. The molecule has 1 aliphatic rings. The lowest BCUT2D eigenvalue weighted by atomic mass is 9.92. The summed E-state index contributed by atoms with van der Waals surface area (Å²) in [5.74, 6) is 0.537. The largest absolute Gasteiger partial charge is 0.416 e. The van der Waals surface area contributed by atoms with Crippen LogP contribution in [0.3, 0.4) is 0 Å². The maximum absolute atomic E-state index is 13.3. The van der Waals surface area contributed by atoms with Gasteiger partial charge in [-0.25, -0.2) is 0 Å². The minimum absolute atomic E-state index is 0.206. The fourth-order valence-corrected chi connectivity index (χ4v) is 2.69. The van der Waals surface area contributed by atoms with Gasteiger partial charge in [-0.1, -0.05) is 60.7 Å². The molecule has 1 nitrogen and oxygen atoms in total. The van der Waals surface area contributed by atoms with E-state index in [4.69, 9.17) is 0 Å². The van der Waals surface area contributed by atoms with Gasteiger partial charge in [0.05, 0.1) is 5.57 Å². The van der Waals surface area contributed by atoms with E-state index in [2.05, 4.69) is 5.32 Å². The summed E-state index contributed by atoms with van der Waals surface area (Å²) in [4.78, 5) is 0. The molecule has 1 heterocycles. The molecule has 0 spiro atoms. The summed E-state index contributed by atoms with van der Waals surface area (Å²) in [6.07, 6.45) is -2.80. The first kappa shape index (κ1) is 15.8. The normalized spacial score (nSPS) is 16.2. The number of nitrogens with one attached hydrogen (secondary N) is 1. The number of halogens is 3. The van der Waals surface area contributed by atoms with Crippen molar-refractivity contribution < 1.29 is 13.2 Å². The van der Waals surface area contributed by atoms with Crippen LogP contribution in [0.5, 0.6) is 0 Å². The number of hydrogen-bond donors (Lipinski definition) is 1. The van der Waals surface area contributed by atoms with E-state index >= 15 is 0 Å². The van der Waals surface area contributed by atoms with Crippen LogP contribution in [0.4, 0.5) is 13.2 Å². The first-order valence-corrected chi connectivity index (χ1v) is 7.66. The van der Waals surface area contributed by atoms with Gasteiger partial charge in [-0.3, -0.25) is 0 Å². The first-order chi connectivity index (χ1) is 11.0. The Morgan fingerprint density at radius 3 is 2.17 bits per heavy atom. The predicted octanol–water partition coefficient (Wildman–Crippen LogP) is 4.56. The molecule has 1 saturated heterocycles. The van der Waals surface area contributed by atoms with E-state index in [0.717, 1.165) is 18.7 Å². The molecule has 3 rings (SSSR count). The molecule has 0 aromatic heterocycles. The molecule has 0 radical (unpaired) electrons. The fraction of sp³-hybridized carbons (Fsp3) is 0.263. The second kappa shape index (κ2) is 6.59. The van der Waals surface area contributed by atoms with E-state index in [-0.39, 0.29) is 12.0 Å². The highest BCUT2D eigenvalue weighted by atomic mass is 19.4. The van der Waals surface area contributed by atoms with Crippen molar-refractivity contribution in [3.05, 3.63) is 77.4 Å². The zero-order valence-electron chi connectivity index (χ0n) is 12.6. The van der Waals surface area contributed by atoms with Gasteiger partial charge in [0.2, 0.25) is 0 Å². The SMILES string of the molecule is FC(F)(F)C(=CCc1ccc(C2CNC2)cc1)c1ccccc1. The summed E-state index contributed by atoms with van der Waals surface area (Å²) in [7, 11) is 0. The summed E-state index contributed by atoms with van der Waals surface area (Å²) >= 11 is 0. The summed E-state index contributed by atoms with van der Waals surface area (Å²) in [5.41, 5.74) is 1.76. The molecule has 0 atom stereocenters. The van der Waals surface area contributed by atoms with Crippen LogP contribution in [0.1, 0.15) is 22.6 Å². The molecular weight excluding hydrogens is 299 g/mol. The third-order valence-corrected chi connectivity index (χ3v) is 4.16. The first-order valence-electron chi connectivity index (χ1n) is 7.66. The van der Waals surface area contributed by atoms with E-state index in [0.29, 0.717) is 5.92 Å². The second-order valence-electron chi connectivity index (χ2n) is 5.78. The lowest BCUT2D eigenvalue weighted by Gasteiger charge is -2.27. The molecule has 0 unspecified atom stereocenters. The highest BCUT2D eigenvalue weighted by molar-refractivity contribution is 5.69. The van der Waals surface area contributed by atoms with Gasteiger partial charge >= 0.3 is 6.18 Å². The van der Waals surface area contributed by atoms with Gasteiger partial charge in [-0.15, -0.1) is 0 Å². The van der Waals surface area contributed by atoms with Crippen molar-refractivity contribution >= 4 is 5.57 Å². The van der Waals surface area contributed by atoms with Gasteiger partial charge in [0.1, 0.15) is 0 Å². The van der Waals surface area contributed by atoms with Crippen LogP contribution in [0.25, 0.3) is 5.57 Å². The van der Waals surface area contributed by atoms with Crippen molar-refractivity contribution in [1.82, 2.24) is 5.32 Å². The Hall–Kier alpha value is -2.07. The summed E-state index contributed by atoms with van der Waals surface area (Å²) in [5, 5.41) is 3.21. The maximum Gasteiger partial charge on any atom is 0.416 e. The molecule has 23 heavy (non-hydrogen) atoms. The number of allylic oxidation sites excluding steroid dienone is 2. The average molecular weight is 317 g/mol. The average Bonchev–Trinajstić information content (AvgIpc) is 2.47. The number of benzene rings is 2. The van der Waals surface area contributed by atoms with Crippen molar-refractivity contribution in [3.8, 4) is 0 Å².